The van der Waals surface area contributed by atoms with E-state index in [4.69, 9.17) is 4.99 Å². The van der Waals surface area contributed by atoms with Crippen molar-refractivity contribution in [3.05, 3.63) is 47.3 Å². The molecule has 11 heteroatoms. The summed E-state index contributed by atoms with van der Waals surface area (Å²) in [7, 11) is 0.0907. The van der Waals surface area contributed by atoms with E-state index in [1.165, 1.54) is 0 Å². The highest BCUT2D eigenvalue weighted by molar-refractivity contribution is 7.89. The first-order chi connectivity index (χ1) is 17.5. The Hall–Kier alpha value is -3.02. The van der Waals surface area contributed by atoms with Crippen LogP contribution in [0, 0.1) is 0 Å². The van der Waals surface area contributed by atoms with Crippen LogP contribution < -0.4 is 9.62 Å². The minimum Gasteiger partial charge on any atom is -0.306 e. The minimum atomic E-state index is -3.81. The molecule has 37 heavy (non-hydrogen) atoms. The van der Waals surface area contributed by atoms with Crippen molar-refractivity contribution in [3.63, 3.8) is 0 Å². The first-order valence-corrected chi connectivity index (χ1v) is 14.3. The zero-order chi connectivity index (χ0) is 26.1. The molecule has 10 nitrogen and oxygen atoms in total. The van der Waals surface area contributed by atoms with Crippen LogP contribution in [0.25, 0.3) is 5.57 Å². The maximum absolute atomic E-state index is 14.1. The number of aryl methyl sites for hydroxylation is 1. The summed E-state index contributed by atoms with van der Waals surface area (Å²) >= 11 is 0. The van der Waals surface area contributed by atoms with Crippen LogP contribution in [0.2, 0.25) is 0 Å². The molecule has 1 amide bonds. The lowest BCUT2D eigenvalue weighted by molar-refractivity contribution is 0.0832. The van der Waals surface area contributed by atoms with Gasteiger partial charge in [0.1, 0.15) is 0 Å². The smallest absolute Gasteiger partial charge is 0.263 e. The number of carbonyl (C=O) groups is 1. The van der Waals surface area contributed by atoms with E-state index in [0.717, 1.165) is 54.7 Å². The van der Waals surface area contributed by atoms with Crippen molar-refractivity contribution < 1.29 is 13.2 Å². The lowest BCUT2D eigenvalue weighted by Gasteiger charge is -2.40. The van der Waals surface area contributed by atoms with Gasteiger partial charge in [-0.15, -0.1) is 0 Å². The predicted molar refractivity (Wildman–Crippen MR) is 142 cm³/mol. The number of nitrogens with one attached hydrogen (secondary N) is 1. The van der Waals surface area contributed by atoms with E-state index in [1.807, 2.05) is 20.2 Å². The van der Waals surface area contributed by atoms with Gasteiger partial charge in [-0.2, -0.15) is 5.10 Å². The second kappa shape index (κ2) is 8.50. The zero-order valence-electron chi connectivity index (χ0n) is 21.7. The number of nitrogens with zero attached hydrogens (tertiary/aromatic N) is 6. The number of hydrogen-bond donors (Lipinski definition) is 1. The fourth-order valence-corrected chi connectivity index (χ4v) is 6.85. The second-order valence-electron chi connectivity index (χ2n) is 11.0. The highest BCUT2D eigenvalue weighted by Gasteiger charge is 2.45. The van der Waals surface area contributed by atoms with E-state index in [1.54, 1.807) is 27.9 Å². The Morgan fingerprint density at radius 3 is 2.59 bits per heavy atom. The summed E-state index contributed by atoms with van der Waals surface area (Å²) in [6.07, 6.45) is 8.16. The van der Waals surface area contributed by atoms with Crippen molar-refractivity contribution in [2.45, 2.75) is 56.1 Å². The average molecular weight is 524 g/mol. The van der Waals surface area contributed by atoms with Crippen LogP contribution in [-0.4, -0.2) is 78.1 Å². The third-order valence-electron chi connectivity index (χ3n) is 7.74. The Kier molecular flexibility index (Phi) is 5.59. The first kappa shape index (κ1) is 24.3. The van der Waals surface area contributed by atoms with Crippen molar-refractivity contribution in [1.29, 1.82) is 0 Å². The number of sulfonamides is 1. The number of guanidine groups is 1. The van der Waals surface area contributed by atoms with Gasteiger partial charge in [0, 0.05) is 43.0 Å². The van der Waals surface area contributed by atoms with Crippen LogP contribution in [-0.2, 0) is 23.6 Å². The molecule has 1 aromatic carbocycles. The average Bonchev–Trinajstić information content (AvgIpc) is 3.22. The molecule has 1 saturated carbocycles. The molecule has 0 radical (unpaired) electrons. The Labute approximate surface area is 217 Å². The van der Waals surface area contributed by atoms with Crippen molar-refractivity contribution in [2.75, 3.05) is 31.6 Å². The highest BCUT2D eigenvalue weighted by Crippen LogP contribution is 2.43. The molecule has 1 fully saturated rings. The van der Waals surface area contributed by atoms with Gasteiger partial charge in [0.15, 0.2) is 0 Å². The van der Waals surface area contributed by atoms with Gasteiger partial charge in [0.25, 0.3) is 5.91 Å². The minimum absolute atomic E-state index is 0.0369. The van der Waals surface area contributed by atoms with Gasteiger partial charge >= 0.3 is 0 Å². The summed E-state index contributed by atoms with van der Waals surface area (Å²) in [5.41, 5.74) is 3.51. The molecule has 0 spiro atoms. The van der Waals surface area contributed by atoms with Crippen molar-refractivity contribution in [2.24, 2.45) is 12.0 Å². The molecule has 2 aromatic rings. The number of benzene rings is 1. The van der Waals surface area contributed by atoms with E-state index in [9.17, 15) is 13.2 Å². The lowest BCUT2D eigenvalue weighted by atomic mass is 9.92. The summed E-state index contributed by atoms with van der Waals surface area (Å²) in [4.78, 5) is 25.0. The molecule has 1 atom stereocenters. The molecule has 3 aliphatic heterocycles. The molecule has 4 heterocycles. The fourth-order valence-electron chi connectivity index (χ4n) is 5.34. The van der Waals surface area contributed by atoms with Gasteiger partial charge in [-0.05, 0) is 57.9 Å². The first-order valence-electron chi connectivity index (χ1n) is 12.8. The molecule has 1 aromatic heterocycles. The third-order valence-corrected chi connectivity index (χ3v) is 9.36. The topological polar surface area (TPSA) is 103 Å². The predicted octanol–water partition coefficient (Wildman–Crippen LogP) is 2.19. The Morgan fingerprint density at radius 1 is 1.19 bits per heavy atom. The largest absolute Gasteiger partial charge is 0.306 e. The van der Waals surface area contributed by atoms with E-state index in [0.29, 0.717) is 24.6 Å². The summed E-state index contributed by atoms with van der Waals surface area (Å²) < 4.78 is 31.6. The van der Waals surface area contributed by atoms with Gasteiger partial charge in [0.05, 0.1) is 41.5 Å². The van der Waals surface area contributed by atoms with Gasteiger partial charge in [-0.3, -0.25) is 19.4 Å². The molecular weight excluding hydrogens is 490 g/mol. The summed E-state index contributed by atoms with van der Waals surface area (Å²) in [6, 6.07) is 3.36. The Bertz CT molecular complexity index is 1450. The number of carbonyl (C=O) groups excluding carboxylic acids is 1. The molecule has 0 unspecified atom stereocenters. The molecular formula is C26H33N7O3S. The summed E-state index contributed by atoms with van der Waals surface area (Å²) in [5.74, 6) is 0.371. The standard InChI is InChI=1S/C26H33N7O3S/c1-17-13-27-25-32(16-18-14-28-31(4)15-18)24(34)22-12-20(37(35,36)29-26(2)7-8-26)11-21(23(22)33(17)25)19-5-9-30(3)10-6-19/h5,11-12,14-15,17,29H,6-10,13,16H2,1-4H3/t17-/m1/s1. The number of rotatable bonds is 6. The van der Waals surface area contributed by atoms with Gasteiger partial charge in [-0.1, -0.05) is 6.08 Å². The maximum Gasteiger partial charge on any atom is 0.263 e. The summed E-state index contributed by atoms with van der Waals surface area (Å²) in [6.45, 7) is 6.52. The number of hydrogen-bond acceptors (Lipinski definition) is 7. The lowest BCUT2D eigenvalue weighted by Crippen LogP contribution is -2.52. The molecule has 1 aliphatic carbocycles. The van der Waals surface area contributed by atoms with Crippen molar-refractivity contribution >= 4 is 33.2 Å². The molecule has 1 N–H and O–H groups in total. The van der Waals surface area contributed by atoms with Crippen LogP contribution >= 0.6 is 0 Å². The van der Waals surface area contributed by atoms with Crippen molar-refractivity contribution in [3.8, 4) is 0 Å². The third kappa shape index (κ3) is 4.28. The fraction of sp³-hybridized carbons (Fsp3) is 0.500. The van der Waals surface area contributed by atoms with Gasteiger partial charge in [-0.25, -0.2) is 13.1 Å². The van der Waals surface area contributed by atoms with Crippen LogP contribution in [0.15, 0.2) is 40.5 Å². The number of amides is 1. The number of anilines is 1. The molecule has 4 aliphatic rings. The zero-order valence-corrected chi connectivity index (χ0v) is 22.5. The Morgan fingerprint density at radius 2 is 1.95 bits per heavy atom. The number of aromatic nitrogens is 2. The molecule has 6 rings (SSSR count). The number of likely N-dealkylation sites (N-methyl/N-ethyl adjacent to an activating group) is 1. The van der Waals surface area contributed by atoms with E-state index in [2.05, 4.69) is 39.7 Å². The van der Waals surface area contributed by atoms with E-state index < -0.39 is 15.6 Å². The van der Waals surface area contributed by atoms with Crippen molar-refractivity contribution in [1.82, 2.24) is 24.3 Å². The Balaban J connectivity index is 1.52. The van der Waals surface area contributed by atoms with Crippen LogP contribution in [0.5, 0.6) is 0 Å². The van der Waals surface area contributed by atoms with E-state index >= 15 is 0 Å². The second-order valence-corrected chi connectivity index (χ2v) is 12.7. The number of aliphatic imine (C=N–C) groups is 1. The molecule has 0 saturated heterocycles. The monoisotopic (exact) mass is 523 g/mol. The normalized spacial score (nSPS) is 23.0. The van der Waals surface area contributed by atoms with Crippen LogP contribution in [0.4, 0.5) is 5.69 Å². The number of fused-ring (bicyclic) bond motifs is 3. The van der Waals surface area contributed by atoms with Crippen LogP contribution in [0.3, 0.4) is 0 Å². The van der Waals surface area contributed by atoms with Crippen LogP contribution in [0.1, 0.15) is 54.6 Å². The van der Waals surface area contributed by atoms with Gasteiger partial charge in [0.2, 0.25) is 16.0 Å². The van der Waals surface area contributed by atoms with E-state index in [-0.39, 0.29) is 16.8 Å². The SMILES string of the molecule is C[C@@H]1CN=C2N(Cc3cnn(C)c3)C(=O)c3cc(S(=O)(=O)NC4(C)CC4)cc(C4=CCN(C)CC4)c3N21. The molecule has 0 bridgehead atoms. The molecule has 196 valence electrons. The highest BCUT2D eigenvalue weighted by atomic mass is 32.2. The summed E-state index contributed by atoms with van der Waals surface area (Å²) in [5, 5.41) is 4.25. The maximum atomic E-state index is 14.1. The van der Waals surface area contributed by atoms with Gasteiger partial charge < -0.3 is 9.80 Å². The quantitative estimate of drug-likeness (QED) is 0.623.